The first-order valence-corrected chi connectivity index (χ1v) is 8.33. The number of hydrogen-bond donors (Lipinski definition) is 2. The van der Waals surface area contributed by atoms with Crippen molar-refractivity contribution in [1.29, 1.82) is 0 Å². The molecular formula is C17H18N2O4. The molecule has 0 aromatic rings. The molecule has 6 aliphatic rings. The third-order valence-electron chi connectivity index (χ3n) is 6.85. The molecule has 2 heterocycles. The Labute approximate surface area is 133 Å². The number of fused-ring (bicyclic) bond motifs is 1. The first-order valence-electron chi connectivity index (χ1n) is 8.33. The second-order valence-corrected chi connectivity index (χ2v) is 7.89. The van der Waals surface area contributed by atoms with E-state index in [2.05, 4.69) is 30.6 Å². The summed E-state index contributed by atoms with van der Waals surface area (Å²) in [5, 5.41) is 4.93. The monoisotopic (exact) mass is 314 g/mol. The number of amides is 4. The van der Waals surface area contributed by atoms with Gasteiger partial charge in [-0.1, -0.05) is 25.5 Å². The number of hydrogen-bond acceptors (Lipinski definition) is 4. The lowest BCUT2D eigenvalue weighted by Gasteiger charge is -2.62. The Morgan fingerprint density at radius 3 is 1.87 bits per heavy atom. The van der Waals surface area contributed by atoms with Gasteiger partial charge in [0.1, 0.15) is 0 Å². The summed E-state index contributed by atoms with van der Waals surface area (Å²) in [6, 6.07) is 0. The van der Waals surface area contributed by atoms with Crippen LogP contribution in [-0.2, 0) is 19.2 Å². The summed E-state index contributed by atoms with van der Waals surface area (Å²) in [5.41, 5.74) is 1.19. The van der Waals surface area contributed by atoms with Gasteiger partial charge in [-0.25, -0.2) is 0 Å². The first-order chi connectivity index (χ1) is 10.9. The average Bonchev–Trinajstić information content (AvgIpc) is 2.87. The second kappa shape index (κ2) is 3.91. The van der Waals surface area contributed by atoms with Crippen LogP contribution in [0.3, 0.4) is 0 Å². The molecule has 4 fully saturated rings. The standard InChI is InChI=1S/C17H18N2O4/c1-4(2)5-3-6-8-10(13-12(8)16(22)19-17(13)23)7(5)11-9(6)14(20)18-15(11)21/h3-4,6-13H,1-2H3,(H,18,20,21)(H,19,22,23)/t6-,7-,8-,9-,10-,11-,12-,13-/m1/s1. The molecule has 2 aliphatic heterocycles. The van der Waals surface area contributed by atoms with Crippen molar-refractivity contribution in [2.75, 3.05) is 0 Å². The van der Waals surface area contributed by atoms with Crippen LogP contribution in [0.4, 0.5) is 0 Å². The maximum absolute atomic E-state index is 12.4. The number of rotatable bonds is 1. The molecule has 120 valence electrons. The quantitative estimate of drug-likeness (QED) is 0.520. The van der Waals surface area contributed by atoms with Crippen LogP contribution in [0.15, 0.2) is 11.6 Å². The molecule has 23 heavy (non-hydrogen) atoms. The lowest BCUT2D eigenvalue weighted by molar-refractivity contribution is -0.169. The predicted molar refractivity (Wildman–Crippen MR) is 77.1 cm³/mol. The normalized spacial score (nSPS) is 49.3. The number of carbonyl (C=O) groups excluding carboxylic acids is 4. The molecule has 0 unspecified atom stereocenters. The van der Waals surface area contributed by atoms with Gasteiger partial charge in [-0.05, 0) is 29.6 Å². The summed E-state index contributed by atoms with van der Waals surface area (Å²) in [6.07, 6.45) is 2.14. The molecule has 6 nitrogen and oxygen atoms in total. The van der Waals surface area contributed by atoms with Gasteiger partial charge < -0.3 is 0 Å². The molecule has 2 saturated carbocycles. The number of imide groups is 2. The molecule has 2 bridgehead atoms. The van der Waals surface area contributed by atoms with E-state index in [9.17, 15) is 19.2 Å². The van der Waals surface area contributed by atoms with Crippen LogP contribution >= 0.6 is 0 Å². The molecule has 0 aromatic carbocycles. The van der Waals surface area contributed by atoms with Crippen molar-refractivity contribution < 1.29 is 19.2 Å². The number of allylic oxidation sites excluding steroid dienone is 2. The van der Waals surface area contributed by atoms with Crippen molar-refractivity contribution in [3.63, 3.8) is 0 Å². The molecule has 0 aromatic heterocycles. The van der Waals surface area contributed by atoms with Gasteiger partial charge in [0.25, 0.3) is 0 Å². The van der Waals surface area contributed by atoms with E-state index in [1.54, 1.807) is 0 Å². The molecule has 2 N–H and O–H groups in total. The van der Waals surface area contributed by atoms with E-state index >= 15 is 0 Å². The highest BCUT2D eigenvalue weighted by molar-refractivity contribution is 6.09. The maximum Gasteiger partial charge on any atom is 0.231 e. The number of carbonyl (C=O) groups is 4. The molecule has 2 saturated heterocycles. The fourth-order valence-corrected chi connectivity index (χ4v) is 6.18. The van der Waals surface area contributed by atoms with Gasteiger partial charge in [-0.2, -0.15) is 0 Å². The highest BCUT2D eigenvalue weighted by atomic mass is 16.2. The van der Waals surface area contributed by atoms with E-state index in [0.29, 0.717) is 0 Å². The van der Waals surface area contributed by atoms with Crippen molar-refractivity contribution in [2.24, 2.45) is 53.3 Å². The average molecular weight is 314 g/mol. The first kappa shape index (κ1) is 13.5. The summed E-state index contributed by atoms with van der Waals surface area (Å²) >= 11 is 0. The van der Waals surface area contributed by atoms with Crippen LogP contribution in [0.2, 0.25) is 0 Å². The highest BCUT2D eigenvalue weighted by Gasteiger charge is 2.74. The van der Waals surface area contributed by atoms with Crippen LogP contribution in [0.1, 0.15) is 13.8 Å². The van der Waals surface area contributed by atoms with E-state index < -0.39 is 0 Å². The van der Waals surface area contributed by atoms with Crippen molar-refractivity contribution in [3.05, 3.63) is 11.6 Å². The number of nitrogens with one attached hydrogen (secondary N) is 2. The SMILES string of the molecule is CC(C)C1=C[C@H]2[C@H]3C(=O)NC(=O)[C@@H]3[C@H]1[C@H]1[C@H]3C(=O)NC(=O)[C@@H]3[C@H]21. The van der Waals surface area contributed by atoms with Gasteiger partial charge in [-0.3, -0.25) is 29.8 Å². The minimum absolute atomic E-state index is 0.0248. The Balaban J connectivity index is 1.67. The largest absolute Gasteiger partial charge is 0.296 e. The maximum atomic E-state index is 12.4. The summed E-state index contributed by atoms with van der Waals surface area (Å²) < 4.78 is 0. The van der Waals surface area contributed by atoms with Crippen LogP contribution in [-0.4, -0.2) is 23.6 Å². The summed E-state index contributed by atoms with van der Waals surface area (Å²) in [5.74, 6) is -2.01. The van der Waals surface area contributed by atoms with E-state index in [1.165, 1.54) is 5.57 Å². The fraction of sp³-hybridized carbons (Fsp3) is 0.647. The Bertz CT molecular complexity index is 724. The molecule has 4 aliphatic carbocycles. The smallest absolute Gasteiger partial charge is 0.231 e. The van der Waals surface area contributed by atoms with E-state index in [-0.39, 0.29) is 76.9 Å². The molecule has 8 atom stereocenters. The zero-order valence-corrected chi connectivity index (χ0v) is 12.9. The third kappa shape index (κ3) is 1.33. The molecule has 6 heteroatoms. The summed E-state index contributed by atoms with van der Waals surface area (Å²) in [6.45, 7) is 4.17. The van der Waals surface area contributed by atoms with Gasteiger partial charge in [0.2, 0.25) is 23.6 Å². The van der Waals surface area contributed by atoms with Crippen molar-refractivity contribution in [2.45, 2.75) is 13.8 Å². The molecule has 0 radical (unpaired) electrons. The van der Waals surface area contributed by atoms with Gasteiger partial charge in [-0.15, -0.1) is 0 Å². The van der Waals surface area contributed by atoms with Crippen LogP contribution < -0.4 is 10.6 Å². The third-order valence-corrected chi connectivity index (χ3v) is 6.85. The van der Waals surface area contributed by atoms with Crippen LogP contribution in [0.25, 0.3) is 0 Å². The zero-order valence-electron chi connectivity index (χ0n) is 12.9. The van der Waals surface area contributed by atoms with Gasteiger partial charge in [0, 0.05) is 0 Å². The second-order valence-electron chi connectivity index (χ2n) is 7.89. The minimum Gasteiger partial charge on any atom is -0.296 e. The van der Waals surface area contributed by atoms with Crippen molar-refractivity contribution in [1.82, 2.24) is 10.6 Å². The summed E-state index contributed by atoms with van der Waals surface area (Å²) in [4.78, 5) is 48.9. The van der Waals surface area contributed by atoms with E-state index in [4.69, 9.17) is 0 Å². The van der Waals surface area contributed by atoms with Crippen LogP contribution in [0, 0.1) is 53.3 Å². The Hall–Kier alpha value is -1.98. The lowest BCUT2D eigenvalue weighted by Crippen LogP contribution is -2.64. The Morgan fingerprint density at radius 1 is 0.739 bits per heavy atom. The van der Waals surface area contributed by atoms with E-state index in [0.717, 1.165) is 0 Å². The molecule has 0 spiro atoms. The lowest BCUT2D eigenvalue weighted by atomic mass is 9.38. The minimum atomic E-state index is -0.361. The molecular weight excluding hydrogens is 296 g/mol. The van der Waals surface area contributed by atoms with Crippen molar-refractivity contribution in [3.8, 4) is 0 Å². The van der Waals surface area contributed by atoms with Gasteiger partial charge in [0.05, 0.1) is 23.7 Å². The molecule has 6 rings (SSSR count). The Kier molecular flexibility index (Phi) is 2.29. The van der Waals surface area contributed by atoms with E-state index in [1.807, 2.05) is 0 Å². The summed E-state index contributed by atoms with van der Waals surface area (Å²) in [7, 11) is 0. The van der Waals surface area contributed by atoms with Gasteiger partial charge >= 0.3 is 0 Å². The van der Waals surface area contributed by atoms with Crippen LogP contribution in [0.5, 0.6) is 0 Å². The zero-order chi connectivity index (χ0) is 16.2. The fourth-order valence-electron chi connectivity index (χ4n) is 6.18. The van der Waals surface area contributed by atoms with Gasteiger partial charge in [0.15, 0.2) is 0 Å². The predicted octanol–water partition coefficient (Wildman–Crippen LogP) is -0.148. The molecule has 4 amide bonds. The highest BCUT2D eigenvalue weighted by Crippen LogP contribution is 2.68. The topological polar surface area (TPSA) is 92.3 Å². The Morgan fingerprint density at radius 2 is 1.26 bits per heavy atom. The van der Waals surface area contributed by atoms with Crippen molar-refractivity contribution >= 4 is 23.6 Å².